The van der Waals surface area contributed by atoms with E-state index in [1.165, 1.54) is 7.11 Å². The maximum Gasteiger partial charge on any atom is 0.324 e. The summed E-state index contributed by atoms with van der Waals surface area (Å²) in [6, 6.07) is 5.29. The van der Waals surface area contributed by atoms with Crippen molar-refractivity contribution in [3.63, 3.8) is 0 Å². The minimum absolute atomic E-state index is 0.206. The molecule has 0 aliphatic carbocycles. The van der Waals surface area contributed by atoms with E-state index in [9.17, 15) is 9.59 Å². The predicted molar refractivity (Wildman–Crippen MR) is 106 cm³/mol. The molecule has 2 aromatic heterocycles. The van der Waals surface area contributed by atoms with Crippen molar-refractivity contribution in [2.24, 2.45) is 0 Å². The smallest absolute Gasteiger partial charge is 0.324 e. The monoisotopic (exact) mass is 406 g/mol. The molecule has 0 saturated carbocycles. The van der Waals surface area contributed by atoms with Gasteiger partial charge in [0, 0.05) is 32.2 Å². The Balaban J connectivity index is 1.30. The summed E-state index contributed by atoms with van der Waals surface area (Å²) in [5, 5.41) is 11.9. The molecule has 3 heterocycles. The molecule has 1 aliphatic heterocycles. The number of nitrogens with one attached hydrogen (secondary N) is 2. The highest BCUT2D eigenvalue weighted by Crippen LogP contribution is 2.25. The molecule has 2 N–H and O–H groups in total. The number of ether oxygens (including phenoxy) is 1. The third-order valence-corrected chi connectivity index (χ3v) is 5.57. The number of piperazine rings is 1. The van der Waals surface area contributed by atoms with Crippen LogP contribution < -0.4 is 10.6 Å². The molecule has 0 radical (unpaired) electrons. The Morgan fingerprint density at radius 2 is 2.32 bits per heavy atom. The Morgan fingerprint density at radius 3 is 3.11 bits per heavy atom. The van der Waals surface area contributed by atoms with Crippen molar-refractivity contribution in [2.75, 3.05) is 39.8 Å². The Bertz CT molecular complexity index is 762. The van der Waals surface area contributed by atoms with E-state index in [0.717, 1.165) is 43.8 Å². The van der Waals surface area contributed by atoms with Crippen molar-refractivity contribution in [1.82, 2.24) is 20.7 Å². The summed E-state index contributed by atoms with van der Waals surface area (Å²) >= 11 is 1.54. The summed E-state index contributed by atoms with van der Waals surface area (Å²) in [5.74, 6) is 0.193. The molecule has 2 aromatic rings. The molecule has 0 bridgehead atoms. The third kappa shape index (κ3) is 5.63. The van der Waals surface area contributed by atoms with Crippen LogP contribution in [0, 0.1) is 0 Å². The van der Waals surface area contributed by atoms with Gasteiger partial charge in [0.1, 0.15) is 6.04 Å². The maximum absolute atomic E-state index is 12.1. The first-order chi connectivity index (χ1) is 13.7. The molecular weight excluding hydrogens is 380 g/mol. The Morgan fingerprint density at radius 1 is 1.43 bits per heavy atom. The maximum atomic E-state index is 12.1. The van der Waals surface area contributed by atoms with Gasteiger partial charge in [0.15, 0.2) is 11.5 Å². The quantitative estimate of drug-likeness (QED) is 0.484. The molecule has 1 aliphatic rings. The van der Waals surface area contributed by atoms with Gasteiger partial charge >= 0.3 is 5.97 Å². The van der Waals surface area contributed by atoms with E-state index >= 15 is 0 Å². The molecule has 1 fully saturated rings. The number of carbonyl (C=O) groups excluding carboxylic acids is 2. The molecule has 152 valence electrons. The number of esters is 1. The predicted octanol–water partition coefficient (Wildman–Crippen LogP) is 1.75. The van der Waals surface area contributed by atoms with Crippen molar-refractivity contribution in [2.45, 2.75) is 25.3 Å². The summed E-state index contributed by atoms with van der Waals surface area (Å²) < 4.78 is 10.0. The van der Waals surface area contributed by atoms with Crippen LogP contribution in [0.5, 0.6) is 0 Å². The summed E-state index contributed by atoms with van der Waals surface area (Å²) in [6.45, 7) is 3.95. The van der Waals surface area contributed by atoms with Crippen LogP contribution in [0.3, 0.4) is 0 Å². The van der Waals surface area contributed by atoms with Gasteiger partial charge in [-0.2, -0.15) is 0 Å². The van der Waals surface area contributed by atoms with Crippen LogP contribution in [0.1, 0.15) is 29.8 Å². The molecule has 9 heteroatoms. The van der Waals surface area contributed by atoms with Crippen molar-refractivity contribution < 1.29 is 18.8 Å². The molecule has 3 rings (SSSR count). The molecule has 1 amide bonds. The van der Waals surface area contributed by atoms with Gasteiger partial charge in [-0.15, -0.1) is 11.3 Å². The molecule has 1 atom stereocenters. The number of methoxy groups -OCH3 is 1. The number of rotatable bonds is 9. The normalized spacial score (nSPS) is 17.4. The average molecular weight is 407 g/mol. The van der Waals surface area contributed by atoms with E-state index in [0.29, 0.717) is 24.5 Å². The number of carbonyl (C=O) groups is 2. The number of unbranched alkanes of at least 4 members (excludes halogenated alkanes) is 2. The average Bonchev–Trinajstić information content (AvgIpc) is 3.41. The summed E-state index contributed by atoms with van der Waals surface area (Å²) in [4.78, 5) is 27.0. The van der Waals surface area contributed by atoms with E-state index in [1.54, 1.807) is 17.4 Å². The van der Waals surface area contributed by atoms with Gasteiger partial charge in [-0.1, -0.05) is 17.6 Å². The second-order valence-corrected chi connectivity index (χ2v) is 7.65. The zero-order chi connectivity index (χ0) is 19.8. The van der Waals surface area contributed by atoms with E-state index in [2.05, 4.69) is 20.7 Å². The Kier molecular flexibility index (Phi) is 7.58. The first-order valence-electron chi connectivity index (χ1n) is 9.49. The minimum Gasteiger partial charge on any atom is -0.468 e. The SMILES string of the molecule is COC(=O)C1CN(CCCCCNC(=O)c2cc(-c3cccs3)on2)CCN1. The molecule has 0 aromatic carbocycles. The number of hydrogen-bond donors (Lipinski definition) is 2. The molecule has 8 nitrogen and oxygen atoms in total. The lowest BCUT2D eigenvalue weighted by Gasteiger charge is -2.32. The Hall–Kier alpha value is -2.23. The number of nitrogens with zero attached hydrogens (tertiary/aromatic N) is 2. The van der Waals surface area contributed by atoms with Gasteiger partial charge in [0.05, 0.1) is 12.0 Å². The summed E-state index contributed by atoms with van der Waals surface area (Å²) in [7, 11) is 1.42. The van der Waals surface area contributed by atoms with Crippen LogP contribution in [0.4, 0.5) is 0 Å². The zero-order valence-electron chi connectivity index (χ0n) is 16.0. The standard InChI is InChI=1S/C19H26N4O4S/c1-26-19(25)15-13-23(10-8-20-15)9-4-2-3-7-21-18(24)14-12-16(27-22-14)17-6-5-11-28-17/h5-6,11-12,15,20H,2-4,7-10,13H2,1H3,(H,21,24). The van der Waals surface area contributed by atoms with Crippen molar-refractivity contribution >= 4 is 23.2 Å². The van der Waals surface area contributed by atoms with Crippen molar-refractivity contribution in [3.05, 3.63) is 29.3 Å². The largest absolute Gasteiger partial charge is 0.468 e. The molecular formula is C19H26N4O4S. The molecule has 1 unspecified atom stereocenters. The van der Waals surface area contributed by atoms with Crippen LogP contribution in [-0.4, -0.2) is 67.8 Å². The first-order valence-corrected chi connectivity index (χ1v) is 10.4. The minimum atomic E-state index is -0.237. The van der Waals surface area contributed by atoms with Crippen molar-refractivity contribution in [3.8, 4) is 10.6 Å². The highest BCUT2D eigenvalue weighted by atomic mass is 32.1. The third-order valence-electron chi connectivity index (χ3n) is 4.69. The van der Waals surface area contributed by atoms with Crippen LogP contribution >= 0.6 is 11.3 Å². The highest BCUT2D eigenvalue weighted by Gasteiger charge is 2.25. The van der Waals surface area contributed by atoms with Crippen LogP contribution in [0.25, 0.3) is 10.6 Å². The summed E-state index contributed by atoms with van der Waals surface area (Å²) in [6.07, 6.45) is 2.93. The van der Waals surface area contributed by atoms with Gasteiger partial charge in [-0.25, -0.2) is 0 Å². The van der Waals surface area contributed by atoms with E-state index in [-0.39, 0.29) is 17.9 Å². The lowest BCUT2D eigenvalue weighted by Crippen LogP contribution is -2.54. The second-order valence-electron chi connectivity index (χ2n) is 6.70. The first kappa shape index (κ1) is 20.5. The highest BCUT2D eigenvalue weighted by molar-refractivity contribution is 7.13. The lowest BCUT2D eigenvalue weighted by atomic mass is 10.1. The number of thiophene rings is 1. The molecule has 0 spiro atoms. The van der Waals surface area contributed by atoms with Crippen LogP contribution in [0.2, 0.25) is 0 Å². The van der Waals surface area contributed by atoms with E-state index in [1.807, 2.05) is 17.5 Å². The van der Waals surface area contributed by atoms with E-state index < -0.39 is 0 Å². The van der Waals surface area contributed by atoms with Crippen LogP contribution in [-0.2, 0) is 9.53 Å². The fourth-order valence-corrected chi connectivity index (χ4v) is 3.83. The molecule has 28 heavy (non-hydrogen) atoms. The fourth-order valence-electron chi connectivity index (χ4n) is 3.16. The Labute approximate surface area is 168 Å². The van der Waals surface area contributed by atoms with Gasteiger partial charge < -0.3 is 19.9 Å². The number of hydrogen-bond acceptors (Lipinski definition) is 8. The summed E-state index contributed by atoms with van der Waals surface area (Å²) in [5.41, 5.74) is 0.304. The molecule has 1 saturated heterocycles. The van der Waals surface area contributed by atoms with E-state index in [4.69, 9.17) is 9.26 Å². The topological polar surface area (TPSA) is 96.7 Å². The van der Waals surface area contributed by atoms with Crippen molar-refractivity contribution in [1.29, 1.82) is 0 Å². The van der Waals surface area contributed by atoms with Gasteiger partial charge in [-0.05, 0) is 30.8 Å². The van der Waals surface area contributed by atoms with Crippen LogP contribution in [0.15, 0.2) is 28.1 Å². The lowest BCUT2D eigenvalue weighted by molar-refractivity contribution is -0.144. The van der Waals surface area contributed by atoms with Gasteiger partial charge in [-0.3, -0.25) is 14.5 Å². The zero-order valence-corrected chi connectivity index (χ0v) is 16.8. The van der Waals surface area contributed by atoms with Gasteiger partial charge in [0.2, 0.25) is 0 Å². The van der Waals surface area contributed by atoms with Gasteiger partial charge in [0.25, 0.3) is 5.91 Å². The number of amides is 1. The fraction of sp³-hybridized carbons (Fsp3) is 0.526. The number of aromatic nitrogens is 1. The second kappa shape index (κ2) is 10.4.